The molecule has 4 heteroatoms. The molecule has 1 rings (SSSR count). The maximum Gasteiger partial charge on any atom is 0.105 e. The van der Waals surface area contributed by atoms with Crippen LogP contribution in [0.1, 0.15) is 23.7 Å². The maximum absolute atomic E-state index is 9.79. The van der Waals surface area contributed by atoms with Crippen LogP contribution in [-0.2, 0) is 6.42 Å². The van der Waals surface area contributed by atoms with Crippen molar-refractivity contribution in [3.63, 3.8) is 0 Å². The first-order valence-electron chi connectivity index (χ1n) is 5.35. The second-order valence-corrected chi connectivity index (χ2v) is 3.74. The molecule has 4 N–H and O–H groups in total. The number of aliphatic hydroxyl groups excluding tert-OH is 4. The minimum absolute atomic E-state index is 0.0543. The summed E-state index contributed by atoms with van der Waals surface area (Å²) >= 11 is 0. The van der Waals surface area contributed by atoms with E-state index in [2.05, 4.69) is 0 Å². The first-order chi connectivity index (χ1) is 7.69. The zero-order chi connectivity index (χ0) is 12.0. The van der Waals surface area contributed by atoms with Crippen molar-refractivity contribution in [2.45, 2.75) is 25.0 Å². The molecule has 2 atom stereocenters. The van der Waals surface area contributed by atoms with Crippen LogP contribution in [0, 0.1) is 0 Å². The Balaban J connectivity index is 2.74. The minimum atomic E-state index is -0.995. The number of benzene rings is 1. The Kier molecular flexibility index (Phi) is 5.42. The standard InChI is InChI=1S/C12H18O4/c13-6-4-9-2-1-3-10(8-9)12(16)11(15)5-7-14/h1-3,8,11-16H,4-7H2. The summed E-state index contributed by atoms with van der Waals surface area (Å²) in [6, 6.07) is 7.09. The van der Waals surface area contributed by atoms with E-state index in [9.17, 15) is 10.2 Å². The van der Waals surface area contributed by atoms with Crippen molar-refractivity contribution in [1.29, 1.82) is 0 Å². The molecule has 1 aromatic carbocycles. The summed E-state index contributed by atoms with van der Waals surface area (Å²) in [6.45, 7) is -0.104. The summed E-state index contributed by atoms with van der Waals surface area (Å²) in [5.41, 5.74) is 1.52. The zero-order valence-corrected chi connectivity index (χ0v) is 9.08. The number of aliphatic hydroxyl groups is 4. The molecule has 4 nitrogen and oxygen atoms in total. The molecule has 2 unspecified atom stereocenters. The fourth-order valence-electron chi connectivity index (χ4n) is 1.57. The maximum atomic E-state index is 9.79. The lowest BCUT2D eigenvalue weighted by Crippen LogP contribution is -2.19. The Bertz CT molecular complexity index is 314. The molecule has 0 heterocycles. The molecule has 0 aliphatic carbocycles. The van der Waals surface area contributed by atoms with Gasteiger partial charge in [-0.05, 0) is 24.0 Å². The number of hydrogen-bond acceptors (Lipinski definition) is 4. The van der Waals surface area contributed by atoms with E-state index in [4.69, 9.17) is 10.2 Å². The van der Waals surface area contributed by atoms with Gasteiger partial charge in [0.05, 0.1) is 6.10 Å². The van der Waals surface area contributed by atoms with E-state index in [0.29, 0.717) is 12.0 Å². The normalized spacial score (nSPS) is 14.8. The Morgan fingerprint density at radius 3 is 2.44 bits per heavy atom. The van der Waals surface area contributed by atoms with Gasteiger partial charge in [0.1, 0.15) is 6.10 Å². The van der Waals surface area contributed by atoms with E-state index in [1.165, 1.54) is 0 Å². The summed E-state index contributed by atoms with van der Waals surface area (Å²) in [5, 5.41) is 36.8. The van der Waals surface area contributed by atoms with E-state index >= 15 is 0 Å². The third-order valence-corrected chi connectivity index (χ3v) is 2.48. The second-order valence-electron chi connectivity index (χ2n) is 3.74. The molecule has 0 spiro atoms. The molecule has 0 bridgehead atoms. The van der Waals surface area contributed by atoms with Gasteiger partial charge in [-0.25, -0.2) is 0 Å². The van der Waals surface area contributed by atoms with Crippen LogP contribution in [0.25, 0.3) is 0 Å². The van der Waals surface area contributed by atoms with Crippen LogP contribution in [0.15, 0.2) is 24.3 Å². The number of hydrogen-bond donors (Lipinski definition) is 4. The average Bonchev–Trinajstić information content (AvgIpc) is 2.29. The van der Waals surface area contributed by atoms with Gasteiger partial charge in [-0.15, -0.1) is 0 Å². The van der Waals surface area contributed by atoms with Crippen LogP contribution in [-0.4, -0.2) is 39.7 Å². The largest absolute Gasteiger partial charge is 0.396 e. The van der Waals surface area contributed by atoms with Crippen molar-refractivity contribution >= 4 is 0 Å². The lowest BCUT2D eigenvalue weighted by Gasteiger charge is -2.17. The highest BCUT2D eigenvalue weighted by molar-refractivity contribution is 5.26. The van der Waals surface area contributed by atoms with E-state index in [-0.39, 0.29) is 19.6 Å². The van der Waals surface area contributed by atoms with Gasteiger partial charge in [0.15, 0.2) is 0 Å². The Hall–Kier alpha value is -0.940. The van der Waals surface area contributed by atoms with Crippen LogP contribution < -0.4 is 0 Å². The molecule has 0 saturated carbocycles. The second kappa shape index (κ2) is 6.60. The van der Waals surface area contributed by atoms with Crippen molar-refractivity contribution < 1.29 is 20.4 Å². The Morgan fingerprint density at radius 2 is 1.81 bits per heavy atom. The monoisotopic (exact) mass is 226 g/mol. The lowest BCUT2D eigenvalue weighted by atomic mass is 9.99. The average molecular weight is 226 g/mol. The highest BCUT2D eigenvalue weighted by Gasteiger charge is 2.17. The van der Waals surface area contributed by atoms with Crippen LogP contribution >= 0.6 is 0 Å². The third-order valence-electron chi connectivity index (χ3n) is 2.48. The molecule has 90 valence electrons. The molecule has 16 heavy (non-hydrogen) atoms. The first kappa shape index (κ1) is 13.1. The summed E-state index contributed by atoms with van der Waals surface area (Å²) in [6.07, 6.45) is -1.29. The van der Waals surface area contributed by atoms with Gasteiger partial charge in [-0.1, -0.05) is 24.3 Å². The molecule has 0 aromatic heterocycles. The minimum Gasteiger partial charge on any atom is -0.396 e. The quantitative estimate of drug-likeness (QED) is 0.550. The summed E-state index contributed by atoms with van der Waals surface area (Å²) in [7, 11) is 0. The van der Waals surface area contributed by atoms with Crippen LogP contribution in [0.3, 0.4) is 0 Å². The molecule has 0 saturated heterocycles. The van der Waals surface area contributed by atoms with E-state index in [0.717, 1.165) is 5.56 Å². The molecule has 0 aliphatic heterocycles. The van der Waals surface area contributed by atoms with E-state index in [1.807, 2.05) is 6.07 Å². The van der Waals surface area contributed by atoms with Gasteiger partial charge in [-0.2, -0.15) is 0 Å². The highest BCUT2D eigenvalue weighted by atomic mass is 16.3. The molecule has 0 aliphatic rings. The van der Waals surface area contributed by atoms with Crippen molar-refractivity contribution in [3.8, 4) is 0 Å². The van der Waals surface area contributed by atoms with Crippen molar-refractivity contribution in [2.75, 3.05) is 13.2 Å². The summed E-state index contributed by atoms with van der Waals surface area (Å²) < 4.78 is 0. The van der Waals surface area contributed by atoms with Crippen molar-refractivity contribution in [3.05, 3.63) is 35.4 Å². The smallest absolute Gasteiger partial charge is 0.105 e. The number of rotatable bonds is 6. The Morgan fingerprint density at radius 1 is 1.06 bits per heavy atom. The van der Waals surface area contributed by atoms with Gasteiger partial charge in [-0.3, -0.25) is 0 Å². The third kappa shape index (κ3) is 3.57. The van der Waals surface area contributed by atoms with Gasteiger partial charge >= 0.3 is 0 Å². The fraction of sp³-hybridized carbons (Fsp3) is 0.500. The van der Waals surface area contributed by atoms with Gasteiger partial charge < -0.3 is 20.4 Å². The van der Waals surface area contributed by atoms with E-state index in [1.54, 1.807) is 18.2 Å². The molecule has 0 amide bonds. The predicted molar refractivity (Wildman–Crippen MR) is 59.9 cm³/mol. The van der Waals surface area contributed by atoms with E-state index < -0.39 is 12.2 Å². The molecule has 0 fully saturated rings. The fourth-order valence-corrected chi connectivity index (χ4v) is 1.57. The molecule has 1 aromatic rings. The van der Waals surface area contributed by atoms with Crippen LogP contribution in [0.5, 0.6) is 0 Å². The molecule has 0 radical (unpaired) electrons. The van der Waals surface area contributed by atoms with Gasteiger partial charge in [0.2, 0.25) is 0 Å². The Labute approximate surface area is 94.8 Å². The van der Waals surface area contributed by atoms with Crippen molar-refractivity contribution in [1.82, 2.24) is 0 Å². The topological polar surface area (TPSA) is 80.9 Å². The SMILES string of the molecule is OCCc1cccc(C(O)C(O)CCO)c1. The zero-order valence-electron chi connectivity index (χ0n) is 9.08. The molecular weight excluding hydrogens is 208 g/mol. The van der Waals surface area contributed by atoms with Crippen molar-refractivity contribution in [2.24, 2.45) is 0 Å². The first-order valence-corrected chi connectivity index (χ1v) is 5.35. The lowest BCUT2D eigenvalue weighted by molar-refractivity contribution is 0.00418. The van der Waals surface area contributed by atoms with Crippen LogP contribution in [0.2, 0.25) is 0 Å². The molecular formula is C12H18O4. The van der Waals surface area contributed by atoms with Gasteiger partial charge in [0.25, 0.3) is 0 Å². The van der Waals surface area contributed by atoms with Crippen LogP contribution in [0.4, 0.5) is 0 Å². The predicted octanol–water partition coefficient (Wildman–Crippen LogP) is -0.00190. The highest BCUT2D eigenvalue weighted by Crippen LogP contribution is 2.20. The summed E-state index contributed by atoms with van der Waals surface area (Å²) in [5.74, 6) is 0. The van der Waals surface area contributed by atoms with Gasteiger partial charge in [0, 0.05) is 13.2 Å². The summed E-state index contributed by atoms with van der Waals surface area (Å²) in [4.78, 5) is 0.